The van der Waals surface area contributed by atoms with Crippen LogP contribution in [0.15, 0.2) is 28.4 Å². The number of nitrogens with zero attached hydrogens (tertiary/aromatic N) is 3. The summed E-state index contributed by atoms with van der Waals surface area (Å²) in [5, 5.41) is 9.28. The number of carbonyl (C=O) groups excluding carboxylic acids is 1. The van der Waals surface area contributed by atoms with Crippen molar-refractivity contribution in [2.75, 3.05) is 13.2 Å². The zero-order chi connectivity index (χ0) is 20.4. The van der Waals surface area contributed by atoms with Gasteiger partial charge in [0.05, 0.1) is 34.9 Å². The smallest absolute Gasteiger partial charge is 0.255 e. The highest BCUT2D eigenvalue weighted by Crippen LogP contribution is 2.39. The Bertz CT molecular complexity index is 1070. The van der Waals surface area contributed by atoms with Crippen LogP contribution >= 0.6 is 11.6 Å². The number of amides is 1. The van der Waals surface area contributed by atoms with Crippen LogP contribution in [0.25, 0.3) is 11.0 Å². The Morgan fingerprint density at radius 3 is 2.71 bits per heavy atom. The second kappa shape index (κ2) is 7.92. The van der Waals surface area contributed by atoms with Crippen LogP contribution in [0.3, 0.4) is 0 Å². The maximum atomic E-state index is 11.7. The lowest BCUT2D eigenvalue weighted by atomic mass is 10.1. The summed E-state index contributed by atoms with van der Waals surface area (Å²) in [7, 11) is 0. The van der Waals surface area contributed by atoms with Crippen LogP contribution in [0.1, 0.15) is 30.3 Å². The molecule has 1 aliphatic carbocycles. The van der Waals surface area contributed by atoms with Gasteiger partial charge < -0.3 is 26.9 Å². The molecule has 1 heterocycles. The Hall–Kier alpha value is -3.02. The number of aryl methyl sites for hydroxylation is 1. The number of aliphatic imine (C=N–C) groups is 1. The second-order valence-corrected chi connectivity index (χ2v) is 6.88. The molecule has 1 amide bonds. The highest BCUT2D eigenvalue weighted by Gasteiger charge is 2.27. The van der Waals surface area contributed by atoms with Crippen LogP contribution in [0.4, 0.5) is 0 Å². The number of aliphatic hydroxyl groups is 1. The number of hydrogen-bond donors (Lipinski definition) is 4. The Balaban J connectivity index is 2.01. The van der Waals surface area contributed by atoms with Gasteiger partial charge in [0.1, 0.15) is 17.2 Å². The first kappa shape index (κ1) is 19.7. The monoisotopic (exact) mass is 400 g/mol. The number of aromatic nitrogens is 2. The van der Waals surface area contributed by atoms with Gasteiger partial charge in [0, 0.05) is 11.6 Å². The van der Waals surface area contributed by atoms with Crippen molar-refractivity contribution in [3.8, 4) is 11.8 Å². The molecule has 3 rings (SSSR count). The van der Waals surface area contributed by atoms with Crippen molar-refractivity contribution in [2.24, 2.45) is 22.2 Å². The highest BCUT2D eigenvalue weighted by atomic mass is 35.5. The van der Waals surface area contributed by atoms with Crippen molar-refractivity contribution in [1.82, 2.24) is 9.55 Å². The summed E-state index contributed by atoms with van der Waals surface area (Å²) >= 11 is 6.40. The molecule has 1 saturated carbocycles. The summed E-state index contributed by atoms with van der Waals surface area (Å²) < 4.78 is 2.19. The lowest BCUT2D eigenvalue weighted by Crippen LogP contribution is -2.30. The van der Waals surface area contributed by atoms with E-state index in [1.807, 2.05) is 13.0 Å². The van der Waals surface area contributed by atoms with Gasteiger partial charge in [-0.2, -0.15) is 0 Å². The van der Waals surface area contributed by atoms with Crippen molar-refractivity contribution in [3.05, 3.63) is 39.8 Å². The predicted octanol–water partition coefficient (Wildman–Crippen LogP) is 0.732. The Morgan fingerprint density at radius 2 is 2.11 bits per heavy atom. The first-order chi connectivity index (χ1) is 13.3. The van der Waals surface area contributed by atoms with Crippen molar-refractivity contribution in [2.45, 2.75) is 25.8 Å². The van der Waals surface area contributed by atoms with E-state index in [1.165, 1.54) is 0 Å². The summed E-state index contributed by atoms with van der Waals surface area (Å²) in [5.74, 6) is 5.41. The number of allylic oxidation sites excluding steroid dienone is 1. The molecule has 1 aliphatic rings. The van der Waals surface area contributed by atoms with Gasteiger partial charge in [0.25, 0.3) is 5.91 Å². The highest BCUT2D eigenvalue weighted by molar-refractivity contribution is 6.32. The molecule has 7 N–H and O–H groups in total. The number of rotatable bonds is 5. The van der Waals surface area contributed by atoms with Gasteiger partial charge in [-0.1, -0.05) is 17.5 Å². The lowest BCUT2D eigenvalue weighted by molar-refractivity contribution is -0.114. The third kappa shape index (κ3) is 3.96. The quantitative estimate of drug-likeness (QED) is 0.253. The number of nitrogens with two attached hydrogens (primary N) is 3. The van der Waals surface area contributed by atoms with Crippen LogP contribution in [-0.4, -0.2) is 39.6 Å². The van der Waals surface area contributed by atoms with E-state index in [4.69, 9.17) is 33.9 Å². The molecule has 8 nitrogen and oxygen atoms in total. The van der Waals surface area contributed by atoms with Gasteiger partial charge in [-0.05, 0) is 37.8 Å². The number of fused-ring (bicyclic) bond motifs is 1. The topological polar surface area (TPSA) is 146 Å². The summed E-state index contributed by atoms with van der Waals surface area (Å²) in [6.45, 7) is 1.77. The van der Waals surface area contributed by atoms with E-state index in [2.05, 4.69) is 26.4 Å². The van der Waals surface area contributed by atoms with E-state index in [-0.39, 0.29) is 30.3 Å². The normalized spacial score (nSPS) is 15.2. The van der Waals surface area contributed by atoms with Crippen LogP contribution < -0.4 is 17.2 Å². The van der Waals surface area contributed by atoms with E-state index >= 15 is 0 Å². The summed E-state index contributed by atoms with van der Waals surface area (Å²) in [6.07, 6.45) is 2.28. The molecule has 2 aromatic rings. The van der Waals surface area contributed by atoms with Gasteiger partial charge in [-0.15, -0.1) is 0 Å². The van der Waals surface area contributed by atoms with Gasteiger partial charge in [0.2, 0.25) is 0 Å². The van der Waals surface area contributed by atoms with Crippen molar-refractivity contribution in [3.63, 3.8) is 0 Å². The summed E-state index contributed by atoms with van der Waals surface area (Å²) in [4.78, 5) is 20.1. The molecule has 0 bridgehead atoms. The van der Waals surface area contributed by atoms with Crippen molar-refractivity contribution >= 4 is 34.4 Å². The fourth-order valence-corrected chi connectivity index (χ4v) is 3.17. The van der Waals surface area contributed by atoms with E-state index in [0.29, 0.717) is 16.6 Å². The molecule has 0 aliphatic heterocycles. The van der Waals surface area contributed by atoms with Gasteiger partial charge in [0.15, 0.2) is 0 Å². The molecule has 0 unspecified atom stereocenters. The SMILES string of the molecule is Cc1nc2cc(C#C/C(N)=C(\C(N)=O)C(N)=NCCO)c(Cl)cc2n1C1CC1. The van der Waals surface area contributed by atoms with Crippen LogP contribution in [0, 0.1) is 18.8 Å². The standard InChI is InChI=1S/C19H21ClN6O2/c1-10-25-15-8-11(13(20)9-16(15)26(10)12-3-4-12)2-5-14(21)17(19(23)28)18(22)24-6-7-27/h8-9,12,27H,3-4,6-7,21H2,1H3,(H2,22,24)(H2,23,28)/b17-14+. The number of amidine groups is 1. The third-order valence-corrected chi connectivity index (χ3v) is 4.67. The van der Waals surface area contributed by atoms with E-state index in [0.717, 1.165) is 29.7 Å². The fourth-order valence-electron chi connectivity index (χ4n) is 2.97. The fraction of sp³-hybridized carbons (Fsp3) is 0.316. The van der Waals surface area contributed by atoms with Crippen LogP contribution in [-0.2, 0) is 4.79 Å². The second-order valence-electron chi connectivity index (χ2n) is 6.47. The molecule has 0 atom stereocenters. The number of aliphatic hydroxyl groups excluding tert-OH is 1. The largest absolute Gasteiger partial charge is 0.394 e. The Morgan fingerprint density at radius 1 is 1.39 bits per heavy atom. The maximum Gasteiger partial charge on any atom is 0.255 e. The maximum absolute atomic E-state index is 11.7. The van der Waals surface area contributed by atoms with Gasteiger partial charge >= 0.3 is 0 Å². The van der Waals surface area contributed by atoms with E-state index in [1.54, 1.807) is 6.07 Å². The van der Waals surface area contributed by atoms with Crippen molar-refractivity contribution < 1.29 is 9.90 Å². The molecule has 0 saturated heterocycles. The zero-order valence-electron chi connectivity index (χ0n) is 15.4. The van der Waals surface area contributed by atoms with Crippen LogP contribution in [0.5, 0.6) is 0 Å². The number of imidazole rings is 1. The van der Waals surface area contributed by atoms with Gasteiger partial charge in [-0.3, -0.25) is 9.79 Å². The first-order valence-corrected chi connectivity index (χ1v) is 9.12. The van der Waals surface area contributed by atoms with Gasteiger partial charge in [-0.25, -0.2) is 4.98 Å². The molecule has 28 heavy (non-hydrogen) atoms. The molecular formula is C19H21ClN6O2. The molecule has 9 heteroatoms. The lowest BCUT2D eigenvalue weighted by Gasteiger charge is -2.05. The Kier molecular flexibility index (Phi) is 5.58. The molecule has 1 fully saturated rings. The molecule has 146 valence electrons. The van der Waals surface area contributed by atoms with E-state index < -0.39 is 5.91 Å². The third-order valence-electron chi connectivity index (χ3n) is 4.35. The predicted molar refractivity (Wildman–Crippen MR) is 109 cm³/mol. The minimum Gasteiger partial charge on any atom is -0.394 e. The molecule has 1 aromatic carbocycles. The Labute approximate surface area is 167 Å². The molecule has 1 aromatic heterocycles. The average Bonchev–Trinajstić information content (AvgIpc) is 3.41. The number of halogens is 1. The van der Waals surface area contributed by atoms with Crippen LogP contribution in [0.2, 0.25) is 5.02 Å². The van der Waals surface area contributed by atoms with E-state index in [9.17, 15) is 4.79 Å². The summed E-state index contributed by atoms with van der Waals surface area (Å²) in [6, 6.07) is 4.11. The number of hydrogen-bond acceptors (Lipinski definition) is 5. The summed E-state index contributed by atoms with van der Waals surface area (Å²) in [5.41, 5.74) is 18.9. The molecular weight excluding hydrogens is 380 g/mol. The first-order valence-electron chi connectivity index (χ1n) is 8.74. The minimum atomic E-state index is -0.855. The molecule has 0 spiro atoms. The average molecular weight is 401 g/mol. The molecule has 0 radical (unpaired) electrons. The number of primary amides is 1. The number of benzene rings is 1. The van der Waals surface area contributed by atoms with Crippen molar-refractivity contribution in [1.29, 1.82) is 0 Å². The number of carbonyl (C=O) groups is 1. The minimum absolute atomic E-state index is 0.0226. The zero-order valence-corrected chi connectivity index (χ0v) is 16.1.